The first-order valence-corrected chi connectivity index (χ1v) is 16.3. The van der Waals surface area contributed by atoms with E-state index in [-0.39, 0.29) is 18.7 Å². The second kappa shape index (κ2) is 12.6. The molecular formula is C33H36F6N4O4S. The number of amides is 4. The molecule has 0 aromatic heterocycles. The van der Waals surface area contributed by atoms with Gasteiger partial charge >= 0.3 is 18.4 Å². The Bertz CT molecular complexity index is 1600. The predicted molar refractivity (Wildman–Crippen MR) is 168 cm³/mol. The van der Waals surface area contributed by atoms with Gasteiger partial charge in [0, 0.05) is 46.6 Å². The van der Waals surface area contributed by atoms with E-state index in [1.54, 1.807) is 56.5 Å². The summed E-state index contributed by atoms with van der Waals surface area (Å²) in [5, 5.41) is 13.3. The number of urea groups is 1. The van der Waals surface area contributed by atoms with Gasteiger partial charge in [0.15, 0.2) is 0 Å². The van der Waals surface area contributed by atoms with E-state index in [2.05, 4.69) is 5.32 Å². The minimum Gasteiger partial charge on any atom is -0.369 e. The molecule has 1 unspecified atom stereocenters. The quantitative estimate of drug-likeness (QED) is 0.253. The van der Waals surface area contributed by atoms with Crippen molar-refractivity contribution >= 4 is 41.4 Å². The molecule has 260 valence electrons. The molecule has 48 heavy (non-hydrogen) atoms. The second-order valence-electron chi connectivity index (χ2n) is 12.7. The van der Waals surface area contributed by atoms with Crippen LogP contribution in [0.25, 0.3) is 6.08 Å². The molecule has 2 saturated heterocycles. The fraction of sp³-hybridized carbons (Fsp3) is 0.485. The van der Waals surface area contributed by atoms with E-state index in [9.17, 15) is 45.8 Å². The number of imide groups is 1. The molecule has 15 heteroatoms. The third-order valence-corrected chi connectivity index (χ3v) is 10.4. The maximum absolute atomic E-state index is 13.6. The molecule has 0 bridgehead atoms. The van der Waals surface area contributed by atoms with Crippen LogP contribution in [0.2, 0.25) is 0 Å². The van der Waals surface area contributed by atoms with Gasteiger partial charge in [0.25, 0.3) is 11.5 Å². The van der Waals surface area contributed by atoms with Gasteiger partial charge < -0.3 is 20.2 Å². The molecule has 0 spiro atoms. The molecule has 1 saturated carbocycles. The Morgan fingerprint density at radius 3 is 2.19 bits per heavy atom. The van der Waals surface area contributed by atoms with E-state index in [1.807, 2.05) is 12.1 Å². The van der Waals surface area contributed by atoms with E-state index in [4.69, 9.17) is 0 Å². The zero-order valence-electron chi connectivity index (χ0n) is 26.7. The van der Waals surface area contributed by atoms with Gasteiger partial charge in [-0.1, -0.05) is 30.4 Å². The van der Waals surface area contributed by atoms with Crippen molar-refractivity contribution in [3.63, 3.8) is 0 Å². The van der Waals surface area contributed by atoms with E-state index >= 15 is 0 Å². The molecule has 3 fully saturated rings. The van der Waals surface area contributed by atoms with Gasteiger partial charge in [-0.3, -0.25) is 14.5 Å². The minimum absolute atomic E-state index is 0.0125. The Labute approximate surface area is 278 Å². The van der Waals surface area contributed by atoms with Gasteiger partial charge in [0.2, 0.25) is 5.91 Å². The van der Waals surface area contributed by atoms with E-state index in [1.165, 1.54) is 29.9 Å². The highest BCUT2D eigenvalue weighted by molar-refractivity contribution is 8.00. The summed E-state index contributed by atoms with van der Waals surface area (Å²) in [5.74, 6) is -1.07. The summed E-state index contributed by atoms with van der Waals surface area (Å²) in [6.45, 7) is 6.29. The SMILES string of the molecule is CC=Cc1cc(C(O)(C(F)(F)F)C(F)(F)F)ccc1N1C[C@@H](C)N(C(=O)CN2C(=O)N[C@@](C)(c3ccc(SC4CC4)cc3)C2=O)CC1C. The Morgan fingerprint density at radius 2 is 1.62 bits per heavy atom. The Hall–Kier alpha value is -3.72. The summed E-state index contributed by atoms with van der Waals surface area (Å²) >= 11 is 1.76. The monoisotopic (exact) mass is 698 g/mol. The molecule has 4 amide bonds. The second-order valence-corrected chi connectivity index (χ2v) is 14.0. The third-order valence-electron chi connectivity index (χ3n) is 9.05. The number of hydrogen-bond acceptors (Lipinski definition) is 6. The van der Waals surface area contributed by atoms with Crippen LogP contribution in [0.3, 0.4) is 0 Å². The zero-order valence-corrected chi connectivity index (χ0v) is 27.5. The minimum atomic E-state index is -6.03. The lowest BCUT2D eigenvalue weighted by atomic mass is 9.89. The number of nitrogens with zero attached hydrogens (tertiary/aromatic N) is 3. The van der Waals surface area contributed by atoms with Crippen molar-refractivity contribution in [2.45, 2.75) is 86.3 Å². The molecule has 2 aromatic carbocycles. The number of alkyl halides is 6. The molecule has 2 aliphatic heterocycles. The lowest BCUT2D eigenvalue weighted by molar-refractivity contribution is -0.376. The van der Waals surface area contributed by atoms with Crippen LogP contribution in [-0.2, 0) is 20.7 Å². The molecular weight excluding hydrogens is 662 g/mol. The number of carbonyl (C=O) groups excluding carboxylic acids is 3. The number of rotatable bonds is 8. The van der Waals surface area contributed by atoms with E-state index in [0.717, 1.165) is 15.9 Å². The molecule has 2 N–H and O–H groups in total. The molecule has 5 rings (SSSR count). The number of carbonyl (C=O) groups is 3. The molecule has 1 aliphatic carbocycles. The average Bonchev–Trinajstić information content (AvgIpc) is 3.79. The van der Waals surface area contributed by atoms with Crippen molar-refractivity contribution in [2.24, 2.45) is 0 Å². The van der Waals surface area contributed by atoms with E-state index in [0.29, 0.717) is 28.6 Å². The number of nitrogens with one attached hydrogen (secondary N) is 1. The molecule has 2 heterocycles. The fourth-order valence-electron chi connectivity index (χ4n) is 6.16. The first kappa shape index (κ1) is 35.6. The number of anilines is 1. The normalized spacial score (nSPS) is 24.1. The number of benzene rings is 2. The Balaban J connectivity index is 1.31. The smallest absolute Gasteiger partial charge is 0.369 e. The van der Waals surface area contributed by atoms with Gasteiger partial charge in [-0.2, -0.15) is 26.3 Å². The summed E-state index contributed by atoms with van der Waals surface area (Å²) in [6.07, 6.45) is -6.93. The first-order chi connectivity index (χ1) is 22.3. The number of thioether (sulfide) groups is 1. The highest BCUT2D eigenvalue weighted by Crippen LogP contribution is 2.51. The number of piperazine rings is 1. The third kappa shape index (κ3) is 6.38. The fourth-order valence-corrected chi connectivity index (χ4v) is 7.21. The van der Waals surface area contributed by atoms with Gasteiger partial charge in [-0.25, -0.2) is 4.79 Å². The summed E-state index contributed by atoms with van der Waals surface area (Å²) in [6, 6.07) is 8.06. The lowest BCUT2D eigenvalue weighted by Gasteiger charge is -2.46. The largest absolute Gasteiger partial charge is 0.430 e. The van der Waals surface area contributed by atoms with Crippen LogP contribution in [-0.4, -0.2) is 82.1 Å². The standard InChI is InChI=1S/C33H36F6N4O4S/c1-5-6-21-15-23(31(47,32(34,35)36)33(37,38)39)9-14-26(21)41-16-20(3)42(17-19(41)2)27(44)18-43-28(45)30(4,40-29(43)46)22-7-10-24(11-8-22)48-25-12-13-25/h5-11,14-15,19-20,25,47H,12-13,16-18H2,1-4H3,(H,40,46)/t19?,20-,30+/m1/s1. The highest BCUT2D eigenvalue weighted by atomic mass is 32.2. The van der Waals surface area contributed by atoms with Gasteiger partial charge in [0.05, 0.1) is 0 Å². The molecule has 8 nitrogen and oxygen atoms in total. The highest BCUT2D eigenvalue weighted by Gasteiger charge is 2.71. The first-order valence-electron chi connectivity index (χ1n) is 15.4. The number of aliphatic hydroxyl groups is 1. The molecule has 0 radical (unpaired) electrons. The summed E-state index contributed by atoms with van der Waals surface area (Å²) in [5.41, 5.74) is -6.91. The number of allylic oxidation sites excluding steroid dienone is 1. The van der Waals surface area contributed by atoms with Gasteiger partial charge in [-0.05, 0) is 75.9 Å². The van der Waals surface area contributed by atoms with Crippen molar-refractivity contribution in [3.05, 3.63) is 65.2 Å². The molecule has 3 aliphatic rings. The van der Waals surface area contributed by atoms with Crippen LogP contribution >= 0.6 is 11.8 Å². The van der Waals surface area contributed by atoms with Crippen LogP contribution in [0.5, 0.6) is 0 Å². The zero-order chi connectivity index (χ0) is 35.4. The lowest BCUT2D eigenvalue weighted by Crippen LogP contribution is -2.60. The van der Waals surface area contributed by atoms with Gasteiger partial charge in [0.1, 0.15) is 12.1 Å². The van der Waals surface area contributed by atoms with Crippen molar-refractivity contribution in [1.29, 1.82) is 0 Å². The van der Waals surface area contributed by atoms with Crippen LogP contribution in [0, 0.1) is 0 Å². The number of hydrogen-bond donors (Lipinski definition) is 2. The molecule has 3 atom stereocenters. The Morgan fingerprint density at radius 1 is 1.00 bits per heavy atom. The summed E-state index contributed by atoms with van der Waals surface area (Å²) in [7, 11) is 0. The van der Waals surface area contributed by atoms with Gasteiger partial charge in [-0.15, -0.1) is 11.8 Å². The van der Waals surface area contributed by atoms with Crippen molar-refractivity contribution < 1.29 is 45.8 Å². The van der Waals surface area contributed by atoms with Crippen molar-refractivity contribution in [2.75, 3.05) is 24.5 Å². The van der Waals surface area contributed by atoms with E-state index < -0.39 is 65.5 Å². The van der Waals surface area contributed by atoms with Crippen LogP contribution in [0.4, 0.5) is 36.8 Å². The number of halogens is 6. The summed E-state index contributed by atoms with van der Waals surface area (Å²) < 4.78 is 81.5. The average molecular weight is 699 g/mol. The van der Waals surface area contributed by atoms with Crippen LogP contribution < -0.4 is 10.2 Å². The van der Waals surface area contributed by atoms with Crippen molar-refractivity contribution in [1.82, 2.24) is 15.1 Å². The van der Waals surface area contributed by atoms with Crippen molar-refractivity contribution in [3.8, 4) is 0 Å². The van der Waals surface area contributed by atoms with Crippen LogP contribution in [0.1, 0.15) is 57.2 Å². The summed E-state index contributed by atoms with van der Waals surface area (Å²) in [4.78, 5) is 45.2. The molecule has 2 aromatic rings. The van der Waals surface area contributed by atoms with Crippen LogP contribution in [0.15, 0.2) is 53.4 Å². The maximum atomic E-state index is 13.6. The Kier molecular flexibility index (Phi) is 9.36. The maximum Gasteiger partial charge on any atom is 0.430 e. The predicted octanol–water partition coefficient (Wildman–Crippen LogP) is 6.18. The topological polar surface area (TPSA) is 93.2 Å².